The van der Waals surface area contributed by atoms with Crippen molar-refractivity contribution < 1.29 is 0 Å². The molecule has 0 aromatic rings. The summed E-state index contributed by atoms with van der Waals surface area (Å²) in [5.41, 5.74) is 3.93. The fraction of sp³-hybridized carbons (Fsp3) is 0.455. The van der Waals surface area contributed by atoms with E-state index in [0.29, 0.717) is 0 Å². The van der Waals surface area contributed by atoms with Crippen molar-refractivity contribution in [2.75, 3.05) is 0 Å². The Balaban J connectivity index is 4.07. The molecule has 0 aromatic carbocycles. The second-order valence-electron chi connectivity index (χ2n) is 3.15. The van der Waals surface area contributed by atoms with Gasteiger partial charge in [-0.05, 0) is 34.1 Å². The van der Waals surface area contributed by atoms with Crippen molar-refractivity contribution in [1.82, 2.24) is 0 Å². The van der Waals surface area contributed by atoms with Gasteiger partial charge in [0.25, 0.3) is 0 Å². The van der Waals surface area contributed by atoms with Gasteiger partial charge in [-0.3, -0.25) is 0 Å². The molecular weight excluding hydrogens is 132 g/mol. The molecule has 11 heavy (non-hydrogen) atoms. The molecule has 0 aliphatic rings. The van der Waals surface area contributed by atoms with E-state index in [0.717, 1.165) is 12.0 Å². The molecule has 0 aliphatic heterocycles. The zero-order valence-electron chi connectivity index (χ0n) is 8.07. The standard InChI is InChI=1S/C11H18/c1-6-10(4)8-11(5)7-9(2)3/h6-7H,2,8H2,1,3-5H3. The predicted octanol–water partition coefficient (Wildman–Crippen LogP) is 3.87. The van der Waals surface area contributed by atoms with Crippen LogP contribution in [0.5, 0.6) is 0 Å². The van der Waals surface area contributed by atoms with Crippen molar-refractivity contribution in [3.05, 3.63) is 35.5 Å². The van der Waals surface area contributed by atoms with Gasteiger partial charge >= 0.3 is 0 Å². The van der Waals surface area contributed by atoms with Crippen LogP contribution in [0.25, 0.3) is 0 Å². The number of hydrogen-bond acceptors (Lipinski definition) is 0. The van der Waals surface area contributed by atoms with Crippen LogP contribution in [-0.4, -0.2) is 0 Å². The van der Waals surface area contributed by atoms with Gasteiger partial charge in [-0.25, -0.2) is 0 Å². The molecule has 0 saturated heterocycles. The summed E-state index contributed by atoms with van der Waals surface area (Å²) >= 11 is 0. The van der Waals surface area contributed by atoms with Gasteiger partial charge in [0.05, 0.1) is 0 Å². The second-order valence-corrected chi connectivity index (χ2v) is 3.15. The quantitative estimate of drug-likeness (QED) is 0.423. The first-order chi connectivity index (χ1) is 5.06. The number of hydrogen-bond donors (Lipinski definition) is 0. The Labute approximate surface area is 70.3 Å². The molecule has 62 valence electrons. The topological polar surface area (TPSA) is 0 Å². The summed E-state index contributed by atoms with van der Waals surface area (Å²) in [4.78, 5) is 0. The molecule has 0 spiro atoms. The van der Waals surface area contributed by atoms with Crippen LogP contribution in [0.1, 0.15) is 34.1 Å². The highest BCUT2D eigenvalue weighted by Crippen LogP contribution is 2.10. The zero-order chi connectivity index (χ0) is 8.85. The molecule has 0 fully saturated rings. The fourth-order valence-electron chi connectivity index (χ4n) is 1.01. The lowest BCUT2D eigenvalue weighted by atomic mass is 10.1. The SMILES string of the molecule is C=C(C)C=C(C)CC(C)=CC. The third-order valence-electron chi connectivity index (χ3n) is 1.54. The summed E-state index contributed by atoms with van der Waals surface area (Å²) in [5.74, 6) is 0. The lowest BCUT2D eigenvalue weighted by Gasteiger charge is -2.00. The van der Waals surface area contributed by atoms with Crippen LogP contribution in [0.2, 0.25) is 0 Å². The van der Waals surface area contributed by atoms with Crippen LogP contribution >= 0.6 is 0 Å². The van der Waals surface area contributed by atoms with Crippen molar-refractivity contribution in [2.45, 2.75) is 34.1 Å². The summed E-state index contributed by atoms with van der Waals surface area (Å²) in [6.45, 7) is 12.2. The van der Waals surface area contributed by atoms with Gasteiger partial charge in [-0.15, -0.1) is 0 Å². The Morgan fingerprint density at radius 2 is 1.73 bits per heavy atom. The maximum absolute atomic E-state index is 3.83. The van der Waals surface area contributed by atoms with E-state index in [-0.39, 0.29) is 0 Å². The summed E-state index contributed by atoms with van der Waals surface area (Å²) in [5, 5.41) is 0. The molecule has 0 N–H and O–H groups in total. The van der Waals surface area contributed by atoms with E-state index in [1.165, 1.54) is 11.1 Å². The number of allylic oxidation sites excluding steroid dienone is 5. The average Bonchev–Trinajstić information content (AvgIpc) is 1.85. The van der Waals surface area contributed by atoms with Gasteiger partial charge < -0.3 is 0 Å². The van der Waals surface area contributed by atoms with E-state index < -0.39 is 0 Å². The minimum Gasteiger partial charge on any atom is -0.0961 e. The maximum atomic E-state index is 3.83. The monoisotopic (exact) mass is 150 g/mol. The molecule has 0 radical (unpaired) electrons. The largest absolute Gasteiger partial charge is 0.0961 e. The van der Waals surface area contributed by atoms with Crippen LogP contribution in [-0.2, 0) is 0 Å². The molecule has 0 rings (SSSR count). The van der Waals surface area contributed by atoms with Gasteiger partial charge in [-0.2, -0.15) is 0 Å². The predicted molar refractivity (Wildman–Crippen MR) is 52.6 cm³/mol. The van der Waals surface area contributed by atoms with Gasteiger partial charge in [0.2, 0.25) is 0 Å². The summed E-state index contributed by atoms with van der Waals surface area (Å²) in [6.07, 6.45) is 5.35. The van der Waals surface area contributed by atoms with Gasteiger partial charge in [-0.1, -0.05) is 35.5 Å². The molecule has 0 unspecified atom stereocenters. The van der Waals surface area contributed by atoms with E-state index in [1.54, 1.807) is 0 Å². The van der Waals surface area contributed by atoms with Crippen molar-refractivity contribution in [3.8, 4) is 0 Å². The molecule has 0 saturated carbocycles. The summed E-state index contributed by atoms with van der Waals surface area (Å²) in [6, 6.07) is 0. The molecule has 0 nitrogen and oxygen atoms in total. The minimum absolute atomic E-state index is 1.07. The molecule has 0 aromatic heterocycles. The van der Waals surface area contributed by atoms with E-state index in [2.05, 4.69) is 39.5 Å². The fourth-order valence-corrected chi connectivity index (χ4v) is 1.01. The highest BCUT2D eigenvalue weighted by molar-refractivity contribution is 5.21. The Morgan fingerprint density at radius 1 is 1.18 bits per heavy atom. The normalized spacial score (nSPS) is 13.5. The van der Waals surface area contributed by atoms with Crippen LogP contribution in [0.4, 0.5) is 0 Å². The zero-order valence-corrected chi connectivity index (χ0v) is 8.07. The van der Waals surface area contributed by atoms with Gasteiger partial charge in [0, 0.05) is 0 Å². The first kappa shape index (κ1) is 10.2. The van der Waals surface area contributed by atoms with E-state index in [4.69, 9.17) is 0 Å². The Hall–Kier alpha value is -0.780. The summed E-state index contributed by atoms with van der Waals surface area (Å²) in [7, 11) is 0. The third kappa shape index (κ3) is 5.65. The van der Waals surface area contributed by atoms with E-state index in [9.17, 15) is 0 Å². The Morgan fingerprint density at radius 3 is 2.09 bits per heavy atom. The van der Waals surface area contributed by atoms with E-state index in [1.807, 2.05) is 6.92 Å². The van der Waals surface area contributed by atoms with Crippen molar-refractivity contribution in [2.24, 2.45) is 0 Å². The molecule has 0 heteroatoms. The molecule has 0 atom stereocenters. The van der Waals surface area contributed by atoms with Crippen molar-refractivity contribution in [1.29, 1.82) is 0 Å². The van der Waals surface area contributed by atoms with Crippen LogP contribution in [0.15, 0.2) is 35.5 Å². The molecule has 0 aliphatic carbocycles. The highest BCUT2D eigenvalue weighted by Gasteiger charge is 1.90. The first-order valence-electron chi connectivity index (χ1n) is 4.00. The summed E-state index contributed by atoms with van der Waals surface area (Å²) < 4.78 is 0. The van der Waals surface area contributed by atoms with Gasteiger partial charge in [0.15, 0.2) is 0 Å². The van der Waals surface area contributed by atoms with Crippen LogP contribution in [0, 0.1) is 0 Å². The molecular formula is C11H18. The molecule has 0 bridgehead atoms. The van der Waals surface area contributed by atoms with Crippen molar-refractivity contribution >= 4 is 0 Å². The third-order valence-corrected chi connectivity index (χ3v) is 1.54. The minimum atomic E-state index is 1.07. The Bertz CT molecular complexity index is 192. The smallest absolute Gasteiger partial charge is 0.0111 e. The first-order valence-corrected chi connectivity index (χ1v) is 4.00. The van der Waals surface area contributed by atoms with E-state index >= 15 is 0 Å². The second kappa shape index (κ2) is 4.95. The average molecular weight is 150 g/mol. The van der Waals surface area contributed by atoms with Crippen LogP contribution < -0.4 is 0 Å². The van der Waals surface area contributed by atoms with Crippen LogP contribution in [0.3, 0.4) is 0 Å². The highest BCUT2D eigenvalue weighted by atomic mass is 14.0. The molecule has 0 heterocycles. The maximum Gasteiger partial charge on any atom is -0.0111 e. The number of rotatable bonds is 3. The lowest BCUT2D eigenvalue weighted by molar-refractivity contribution is 1.10. The van der Waals surface area contributed by atoms with Gasteiger partial charge in [0.1, 0.15) is 0 Å². The lowest BCUT2D eigenvalue weighted by Crippen LogP contribution is -1.79. The van der Waals surface area contributed by atoms with Crippen molar-refractivity contribution in [3.63, 3.8) is 0 Å². The Kier molecular flexibility index (Phi) is 4.60. The molecule has 0 amide bonds.